The molecule has 0 unspecified atom stereocenters. The number of ether oxygens (including phenoxy) is 2. The molecule has 1 aliphatic heterocycles. The number of hydrogen-bond acceptors (Lipinski definition) is 7. The number of morpholine rings is 1. The van der Waals surface area contributed by atoms with Crippen LogP contribution in [0.3, 0.4) is 0 Å². The molecule has 0 saturated carbocycles. The summed E-state index contributed by atoms with van der Waals surface area (Å²) in [6, 6.07) is 12.4. The van der Waals surface area contributed by atoms with Crippen LogP contribution in [0.1, 0.15) is 30.4 Å². The van der Waals surface area contributed by atoms with Gasteiger partial charge in [-0.2, -0.15) is 0 Å². The molecule has 0 aliphatic carbocycles. The van der Waals surface area contributed by atoms with E-state index in [1.807, 2.05) is 17.0 Å². The zero-order valence-electron chi connectivity index (χ0n) is 20.9. The minimum Gasteiger partial charge on any atom is -0.497 e. The fraction of sp³-hybridized carbons (Fsp3) is 0.481. The van der Waals surface area contributed by atoms with Crippen molar-refractivity contribution in [3.8, 4) is 5.75 Å². The Morgan fingerprint density at radius 3 is 2.63 bits per heavy atom. The third-order valence-corrected chi connectivity index (χ3v) is 8.49. The van der Waals surface area contributed by atoms with Crippen LogP contribution in [0.4, 0.5) is 5.13 Å². The number of anilines is 1. The van der Waals surface area contributed by atoms with Gasteiger partial charge in [-0.15, -0.1) is 11.8 Å². The van der Waals surface area contributed by atoms with Crippen LogP contribution < -0.4 is 9.64 Å². The Balaban J connectivity index is 1.38. The number of hydrogen-bond donors (Lipinski definition) is 0. The first-order chi connectivity index (χ1) is 17.0. The molecule has 0 bridgehead atoms. The number of fused-ring (bicyclic) bond motifs is 1. The van der Waals surface area contributed by atoms with E-state index in [-0.39, 0.29) is 5.91 Å². The van der Waals surface area contributed by atoms with Crippen LogP contribution in [-0.4, -0.2) is 68.0 Å². The molecule has 0 radical (unpaired) electrons. The highest BCUT2D eigenvalue weighted by Crippen LogP contribution is 2.31. The fourth-order valence-corrected chi connectivity index (χ4v) is 6.05. The molecule has 6 nitrogen and oxygen atoms in total. The Labute approximate surface area is 216 Å². The van der Waals surface area contributed by atoms with E-state index in [4.69, 9.17) is 14.5 Å². The van der Waals surface area contributed by atoms with Crippen molar-refractivity contribution in [2.75, 3.05) is 57.2 Å². The van der Waals surface area contributed by atoms with Gasteiger partial charge < -0.3 is 9.47 Å². The van der Waals surface area contributed by atoms with E-state index in [0.29, 0.717) is 13.0 Å². The van der Waals surface area contributed by atoms with Crippen molar-refractivity contribution in [2.45, 2.75) is 38.0 Å². The second-order valence-electron chi connectivity index (χ2n) is 8.88. The normalized spacial score (nSPS) is 14.4. The van der Waals surface area contributed by atoms with Crippen molar-refractivity contribution in [3.63, 3.8) is 0 Å². The third kappa shape index (κ3) is 7.19. The van der Waals surface area contributed by atoms with Gasteiger partial charge in [0.1, 0.15) is 5.75 Å². The Kier molecular flexibility index (Phi) is 9.43. The summed E-state index contributed by atoms with van der Waals surface area (Å²) >= 11 is 3.40. The van der Waals surface area contributed by atoms with E-state index in [0.717, 1.165) is 72.5 Å². The maximum absolute atomic E-state index is 13.4. The lowest BCUT2D eigenvalue weighted by Crippen LogP contribution is -2.39. The largest absolute Gasteiger partial charge is 0.497 e. The number of aryl methyl sites for hydroxylation is 2. The zero-order chi connectivity index (χ0) is 24.6. The Bertz CT molecular complexity index is 1070. The van der Waals surface area contributed by atoms with Gasteiger partial charge in [-0.1, -0.05) is 11.3 Å². The number of benzene rings is 2. The van der Waals surface area contributed by atoms with Crippen LogP contribution in [0.2, 0.25) is 0 Å². The van der Waals surface area contributed by atoms with Gasteiger partial charge in [0.2, 0.25) is 5.91 Å². The molecule has 2 aromatic carbocycles. The molecule has 2 heterocycles. The van der Waals surface area contributed by atoms with Gasteiger partial charge in [-0.3, -0.25) is 14.6 Å². The van der Waals surface area contributed by atoms with Gasteiger partial charge in [0.15, 0.2) is 5.13 Å². The maximum Gasteiger partial charge on any atom is 0.228 e. The van der Waals surface area contributed by atoms with Gasteiger partial charge in [0.05, 0.1) is 30.5 Å². The van der Waals surface area contributed by atoms with Gasteiger partial charge in [0.25, 0.3) is 0 Å². The fourth-order valence-electron chi connectivity index (χ4n) is 4.11. The highest BCUT2D eigenvalue weighted by Gasteiger charge is 2.20. The van der Waals surface area contributed by atoms with Crippen LogP contribution in [0.25, 0.3) is 10.2 Å². The van der Waals surface area contributed by atoms with Gasteiger partial charge in [-0.05, 0) is 80.0 Å². The number of rotatable bonds is 11. The topological polar surface area (TPSA) is 54.9 Å². The van der Waals surface area contributed by atoms with Crippen LogP contribution in [0.15, 0.2) is 41.3 Å². The summed E-state index contributed by atoms with van der Waals surface area (Å²) in [4.78, 5) is 23.8. The Morgan fingerprint density at radius 1 is 1.14 bits per heavy atom. The number of carbonyl (C=O) groups is 1. The number of carbonyl (C=O) groups excluding carboxylic acids is 1. The lowest BCUT2D eigenvalue weighted by atomic mass is 10.1. The molecule has 8 heteroatoms. The summed E-state index contributed by atoms with van der Waals surface area (Å²) < 4.78 is 11.8. The molecular weight excluding hydrogens is 478 g/mol. The molecule has 35 heavy (non-hydrogen) atoms. The first kappa shape index (κ1) is 25.9. The van der Waals surface area contributed by atoms with Crippen LogP contribution >= 0.6 is 23.1 Å². The molecule has 1 saturated heterocycles. The average Bonchev–Trinajstić information content (AvgIpc) is 3.27. The van der Waals surface area contributed by atoms with Crippen molar-refractivity contribution >= 4 is 44.4 Å². The number of aromatic nitrogens is 1. The van der Waals surface area contributed by atoms with Gasteiger partial charge >= 0.3 is 0 Å². The minimum absolute atomic E-state index is 0.162. The summed E-state index contributed by atoms with van der Waals surface area (Å²) in [5.74, 6) is 1.92. The van der Waals surface area contributed by atoms with Gasteiger partial charge in [0, 0.05) is 37.5 Å². The van der Waals surface area contributed by atoms with Crippen molar-refractivity contribution in [1.82, 2.24) is 9.88 Å². The molecular formula is C27H35N3O3S2. The standard InChI is InChI=1S/C27H35N3O3S2/c1-20-18-24-25(19-21(20)2)35-27(28-24)30(12-5-11-29-13-15-33-16-14-29)26(31)6-4-17-34-23-9-7-22(32-3)8-10-23/h7-10,18-19H,4-6,11-17H2,1-3H3. The summed E-state index contributed by atoms with van der Waals surface area (Å²) in [7, 11) is 1.67. The van der Waals surface area contributed by atoms with Crippen LogP contribution in [0.5, 0.6) is 5.75 Å². The minimum atomic E-state index is 0.162. The van der Waals surface area contributed by atoms with Crippen molar-refractivity contribution < 1.29 is 14.3 Å². The molecule has 3 aromatic rings. The predicted octanol–water partition coefficient (Wildman–Crippen LogP) is 5.55. The Morgan fingerprint density at radius 2 is 1.89 bits per heavy atom. The smallest absolute Gasteiger partial charge is 0.228 e. The lowest BCUT2D eigenvalue weighted by Gasteiger charge is -2.27. The summed E-state index contributed by atoms with van der Waals surface area (Å²) in [6.07, 6.45) is 2.29. The number of methoxy groups -OCH3 is 1. The molecule has 1 amide bonds. The Hall–Kier alpha value is -2.13. The molecule has 0 atom stereocenters. The van der Waals surface area contributed by atoms with E-state index in [9.17, 15) is 4.79 Å². The molecule has 188 valence electrons. The third-order valence-electron chi connectivity index (χ3n) is 6.35. The zero-order valence-corrected chi connectivity index (χ0v) is 22.6. The van der Waals surface area contributed by atoms with Crippen molar-refractivity contribution in [2.24, 2.45) is 0 Å². The molecule has 4 rings (SSSR count). The van der Waals surface area contributed by atoms with E-state index in [1.54, 1.807) is 30.2 Å². The number of amides is 1. The van der Waals surface area contributed by atoms with E-state index in [2.05, 4.69) is 43.0 Å². The van der Waals surface area contributed by atoms with E-state index < -0.39 is 0 Å². The van der Waals surface area contributed by atoms with Crippen molar-refractivity contribution in [1.29, 1.82) is 0 Å². The lowest BCUT2D eigenvalue weighted by molar-refractivity contribution is -0.118. The first-order valence-corrected chi connectivity index (χ1v) is 14.1. The van der Waals surface area contributed by atoms with Crippen molar-refractivity contribution in [3.05, 3.63) is 47.5 Å². The summed E-state index contributed by atoms with van der Waals surface area (Å²) in [5, 5.41) is 0.819. The molecule has 1 aliphatic rings. The number of thioether (sulfide) groups is 1. The maximum atomic E-state index is 13.4. The quantitative estimate of drug-likeness (QED) is 0.248. The summed E-state index contributed by atoms with van der Waals surface area (Å²) in [5.41, 5.74) is 3.47. The second kappa shape index (κ2) is 12.7. The number of thiazole rings is 1. The second-order valence-corrected chi connectivity index (χ2v) is 11.1. The van der Waals surface area contributed by atoms with Crippen LogP contribution in [-0.2, 0) is 9.53 Å². The SMILES string of the molecule is COc1ccc(SCCCC(=O)N(CCCN2CCOCC2)c2nc3cc(C)c(C)cc3s2)cc1. The monoisotopic (exact) mass is 513 g/mol. The van der Waals surface area contributed by atoms with E-state index >= 15 is 0 Å². The average molecular weight is 514 g/mol. The molecule has 0 spiro atoms. The van der Waals surface area contributed by atoms with Gasteiger partial charge in [-0.25, -0.2) is 4.98 Å². The molecule has 1 fully saturated rings. The molecule has 0 N–H and O–H groups in total. The molecule has 1 aromatic heterocycles. The highest BCUT2D eigenvalue weighted by atomic mass is 32.2. The van der Waals surface area contributed by atoms with E-state index in [1.165, 1.54) is 16.0 Å². The predicted molar refractivity (Wildman–Crippen MR) is 146 cm³/mol. The summed E-state index contributed by atoms with van der Waals surface area (Å²) in [6.45, 7) is 9.44. The van der Waals surface area contributed by atoms with Crippen LogP contribution in [0, 0.1) is 13.8 Å². The highest BCUT2D eigenvalue weighted by molar-refractivity contribution is 7.99. The first-order valence-electron chi connectivity index (χ1n) is 12.3. The number of nitrogens with zero attached hydrogens (tertiary/aromatic N) is 3.